The number of nitrogens with two attached hydrogens (primary N) is 2. The Morgan fingerprint density at radius 1 is 1.46 bits per heavy atom. The predicted molar refractivity (Wildman–Crippen MR) is 55.6 cm³/mol. The topological polar surface area (TPSA) is 57.0 Å². The Kier molecular flexibility index (Phi) is 3.12. The summed E-state index contributed by atoms with van der Waals surface area (Å²) in [7, 11) is 0. The molecule has 0 unspecified atom stereocenters. The molecule has 3 heteroatoms. The number of rotatable bonds is 3. The van der Waals surface area contributed by atoms with Crippen LogP contribution in [0, 0.1) is 13.8 Å². The lowest BCUT2D eigenvalue weighted by Gasteiger charge is -2.10. The normalized spacial score (nSPS) is 13.3. The third-order valence-corrected chi connectivity index (χ3v) is 2.58. The van der Waals surface area contributed by atoms with E-state index in [2.05, 4.69) is 31.4 Å². The number of aromatic nitrogens is 1. The lowest BCUT2D eigenvalue weighted by molar-refractivity contribution is 0.690. The van der Waals surface area contributed by atoms with Gasteiger partial charge >= 0.3 is 0 Å². The summed E-state index contributed by atoms with van der Waals surface area (Å²) in [6, 6.07) is 2.11. The molecule has 0 saturated heterocycles. The smallest absolute Gasteiger partial charge is 0.0437 e. The van der Waals surface area contributed by atoms with Gasteiger partial charge in [-0.15, -0.1) is 0 Å². The van der Waals surface area contributed by atoms with Crippen molar-refractivity contribution in [2.75, 3.05) is 6.54 Å². The van der Waals surface area contributed by atoms with Gasteiger partial charge in [0.1, 0.15) is 0 Å². The molecular formula is C10H19N3. The zero-order chi connectivity index (χ0) is 10.0. The van der Waals surface area contributed by atoms with Crippen LogP contribution in [0.3, 0.4) is 0 Å². The van der Waals surface area contributed by atoms with Crippen LogP contribution in [-0.2, 0) is 6.54 Å². The summed E-state index contributed by atoms with van der Waals surface area (Å²) in [4.78, 5) is 0. The minimum atomic E-state index is -0.0218. The van der Waals surface area contributed by atoms with Crippen LogP contribution in [0.25, 0.3) is 0 Å². The van der Waals surface area contributed by atoms with Crippen molar-refractivity contribution in [1.29, 1.82) is 0 Å². The Morgan fingerprint density at radius 2 is 2.08 bits per heavy atom. The van der Waals surface area contributed by atoms with Crippen LogP contribution in [0.15, 0.2) is 6.07 Å². The second kappa shape index (κ2) is 3.94. The van der Waals surface area contributed by atoms with Crippen LogP contribution in [0.1, 0.15) is 29.9 Å². The molecule has 74 valence electrons. The van der Waals surface area contributed by atoms with Crippen LogP contribution in [0.5, 0.6) is 0 Å². The van der Waals surface area contributed by atoms with E-state index >= 15 is 0 Å². The minimum absolute atomic E-state index is 0.0218. The van der Waals surface area contributed by atoms with Gasteiger partial charge in [0.15, 0.2) is 0 Å². The average Bonchev–Trinajstić information content (AvgIpc) is 2.40. The van der Waals surface area contributed by atoms with Crippen molar-refractivity contribution in [3.05, 3.63) is 23.0 Å². The molecule has 0 aliphatic carbocycles. The van der Waals surface area contributed by atoms with Gasteiger partial charge in [0.25, 0.3) is 0 Å². The van der Waals surface area contributed by atoms with Gasteiger partial charge in [-0.2, -0.15) is 0 Å². The second-order valence-electron chi connectivity index (χ2n) is 3.41. The van der Waals surface area contributed by atoms with Crippen LogP contribution >= 0.6 is 0 Å². The van der Waals surface area contributed by atoms with Crippen molar-refractivity contribution >= 4 is 0 Å². The molecule has 0 amide bonds. The highest BCUT2D eigenvalue weighted by atomic mass is 15.0. The van der Waals surface area contributed by atoms with Crippen molar-refractivity contribution in [1.82, 2.24) is 4.57 Å². The molecule has 1 aromatic heterocycles. The summed E-state index contributed by atoms with van der Waals surface area (Å²) in [6.45, 7) is 7.84. The summed E-state index contributed by atoms with van der Waals surface area (Å²) in [5.74, 6) is 0. The SMILES string of the molecule is CCn1c(C)cc([C@H](N)CN)c1C. The maximum atomic E-state index is 5.89. The fourth-order valence-corrected chi connectivity index (χ4v) is 1.82. The van der Waals surface area contributed by atoms with Crippen LogP contribution < -0.4 is 11.5 Å². The van der Waals surface area contributed by atoms with Crippen molar-refractivity contribution in [3.8, 4) is 0 Å². The van der Waals surface area contributed by atoms with Gasteiger partial charge in [0, 0.05) is 30.5 Å². The lowest BCUT2D eigenvalue weighted by Crippen LogP contribution is -2.21. The Morgan fingerprint density at radius 3 is 2.46 bits per heavy atom. The fourth-order valence-electron chi connectivity index (χ4n) is 1.82. The molecule has 0 aromatic carbocycles. The quantitative estimate of drug-likeness (QED) is 0.733. The van der Waals surface area contributed by atoms with Crippen molar-refractivity contribution in [3.63, 3.8) is 0 Å². The monoisotopic (exact) mass is 181 g/mol. The van der Waals surface area contributed by atoms with Gasteiger partial charge in [-0.25, -0.2) is 0 Å². The van der Waals surface area contributed by atoms with E-state index in [1.807, 2.05) is 0 Å². The van der Waals surface area contributed by atoms with Crippen molar-refractivity contribution in [2.24, 2.45) is 11.5 Å². The largest absolute Gasteiger partial charge is 0.349 e. The molecule has 3 nitrogen and oxygen atoms in total. The Hall–Kier alpha value is -0.800. The molecule has 0 aliphatic heterocycles. The summed E-state index contributed by atoms with van der Waals surface area (Å²) in [5.41, 5.74) is 15.1. The zero-order valence-electron chi connectivity index (χ0n) is 8.67. The predicted octanol–water partition coefficient (Wildman–Crippen LogP) is 1.08. The van der Waals surface area contributed by atoms with E-state index in [1.165, 1.54) is 17.0 Å². The Labute approximate surface area is 79.7 Å². The third kappa shape index (κ3) is 1.76. The minimum Gasteiger partial charge on any atom is -0.349 e. The van der Waals surface area contributed by atoms with E-state index in [0.29, 0.717) is 6.54 Å². The first kappa shape index (κ1) is 10.3. The van der Waals surface area contributed by atoms with Gasteiger partial charge < -0.3 is 16.0 Å². The molecule has 1 heterocycles. The maximum Gasteiger partial charge on any atom is 0.0437 e. The second-order valence-corrected chi connectivity index (χ2v) is 3.41. The first-order valence-electron chi connectivity index (χ1n) is 4.74. The van der Waals surface area contributed by atoms with Crippen molar-refractivity contribution in [2.45, 2.75) is 33.4 Å². The summed E-state index contributed by atoms with van der Waals surface area (Å²) >= 11 is 0. The molecule has 13 heavy (non-hydrogen) atoms. The summed E-state index contributed by atoms with van der Waals surface area (Å²) < 4.78 is 2.25. The summed E-state index contributed by atoms with van der Waals surface area (Å²) in [6.07, 6.45) is 0. The van der Waals surface area contributed by atoms with Gasteiger partial charge in [-0.05, 0) is 32.4 Å². The van der Waals surface area contributed by atoms with Gasteiger partial charge in [-0.3, -0.25) is 0 Å². The zero-order valence-corrected chi connectivity index (χ0v) is 8.67. The number of hydrogen-bond acceptors (Lipinski definition) is 2. The number of hydrogen-bond donors (Lipinski definition) is 2. The first-order chi connectivity index (χ1) is 6.11. The summed E-state index contributed by atoms with van der Waals surface area (Å²) in [5, 5.41) is 0. The van der Waals surface area contributed by atoms with Crippen LogP contribution in [-0.4, -0.2) is 11.1 Å². The first-order valence-corrected chi connectivity index (χ1v) is 4.74. The van der Waals surface area contributed by atoms with E-state index < -0.39 is 0 Å². The molecule has 1 aromatic rings. The molecular weight excluding hydrogens is 162 g/mol. The highest BCUT2D eigenvalue weighted by molar-refractivity contribution is 5.29. The number of nitrogens with zero attached hydrogens (tertiary/aromatic N) is 1. The molecule has 4 N–H and O–H groups in total. The molecule has 1 atom stereocenters. The molecule has 0 spiro atoms. The van der Waals surface area contributed by atoms with E-state index in [-0.39, 0.29) is 6.04 Å². The molecule has 1 rings (SSSR count). The van der Waals surface area contributed by atoms with Crippen LogP contribution in [0.4, 0.5) is 0 Å². The van der Waals surface area contributed by atoms with E-state index in [4.69, 9.17) is 11.5 Å². The Balaban J connectivity index is 3.10. The lowest BCUT2D eigenvalue weighted by atomic mass is 10.1. The molecule has 0 saturated carbocycles. The third-order valence-electron chi connectivity index (χ3n) is 2.58. The highest BCUT2D eigenvalue weighted by Crippen LogP contribution is 2.19. The van der Waals surface area contributed by atoms with E-state index in [9.17, 15) is 0 Å². The molecule has 0 fully saturated rings. The molecule has 0 aliphatic rings. The maximum absolute atomic E-state index is 5.89. The number of aryl methyl sites for hydroxylation is 1. The highest BCUT2D eigenvalue weighted by Gasteiger charge is 2.12. The molecule has 0 bridgehead atoms. The average molecular weight is 181 g/mol. The Bertz CT molecular complexity index is 289. The van der Waals surface area contributed by atoms with Crippen molar-refractivity contribution < 1.29 is 0 Å². The van der Waals surface area contributed by atoms with Gasteiger partial charge in [-0.1, -0.05) is 0 Å². The van der Waals surface area contributed by atoms with Crippen LogP contribution in [0.2, 0.25) is 0 Å². The standard InChI is InChI=1S/C10H19N3/c1-4-13-7(2)5-9(8(13)3)10(12)6-11/h5,10H,4,6,11-12H2,1-3H3/t10-/m1/s1. The van der Waals surface area contributed by atoms with Gasteiger partial charge in [0.05, 0.1) is 0 Å². The fraction of sp³-hybridized carbons (Fsp3) is 0.600. The van der Waals surface area contributed by atoms with Gasteiger partial charge in [0.2, 0.25) is 0 Å². The van der Waals surface area contributed by atoms with E-state index in [1.54, 1.807) is 0 Å². The van der Waals surface area contributed by atoms with E-state index in [0.717, 1.165) is 6.54 Å². The molecule has 0 radical (unpaired) electrons.